The molecule has 4 heteroatoms. The first kappa shape index (κ1) is 10.6. The lowest BCUT2D eigenvalue weighted by Gasteiger charge is -2.32. The second-order valence-electron chi connectivity index (χ2n) is 4.55. The predicted molar refractivity (Wildman–Crippen MR) is 67.6 cm³/mol. The van der Waals surface area contributed by atoms with Gasteiger partial charge < -0.3 is 15.5 Å². The molecule has 3 rings (SSSR count). The van der Waals surface area contributed by atoms with Crippen LogP contribution < -0.4 is 15.5 Å². The van der Waals surface area contributed by atoms with Crippen LogP contribution in [0.3, 0.4) is 0 Å². The Morgan fingerprint density at radius 3 is 2.76 bits per heavy atom. The zero-order valence-electron chi connectivity index (χ0n) is 9.83. The molecule has 1 fully saturated rings. The molecule has 0 unspecified atom stereocenters. The van der Waals surface area contributed by atoms with E-state index in [1.807, 2.05) is 12.1 Å². The Morgan fingerprint density at radius 1 is 1.12 bits per heavy atom. The molecule has 2 aliphatic heterocycles. The van der Waals surface area contributed by atoms with Gasteiger partial charge in [-0.3, -0.25) is 4.79 Å². The third kappa shape index (κ3) is 1.89. The highest BCUT2D eigenvalue weighted by Crippen LogP contribution is 2.26. The minimum atomic E-state index is 0.0724. The van der Waals surface area contributed by atoms with E-state index in [0.717, 1.165) is 44.7 Å². The van der Waals surface area contributed by atoms with Crippen molar-refractivity contribution in [3.8, 4) is 0 Å². The second-order valence-corrected chi connectivity index (χ2v) is 4.55. The number of hydrogen-bond donors (Lipinski definition) is 2. The molecule has 0 bridgehead atoms. The first-order valence-electron chi connectivity index (χ1n) is 6.22. The first-order valence-corrected chi connectivity index (χ1v) is 6.22. The van der Waals surface area contributed by atoms with Gasteiger partial charge in [-0.1, -0.05) is 6.07 Å². The van der Waals surface area contributed by atoms with Crippen LogP contribution in [0.2, 0.25) is 0 Å². The molecule has 2 heterocycles. The van der Waals surface area contributed by atoms with E-state index in [-0.39, 0.29) is 5.91 Å². The quantitative estimate of drug-likeness (QED) is 0.734. The number of rotatable bonds is 1. The van der Waals surface area contributed by atoms with E-state index in [0.29, 0.717) is 0 Å². The highest BCUT2D eigenvalue weighted by Gasteiger charge is 2.22. The first-order chi connectivity index (χ1) is 8.36. The molecular formula is C13H17N3O. The molecular weight excluding hydrogens is 214 g/mol. The molecule has 0 radical (unpaired) electrons. The van der Waals surface area contributed by atoms with E-state index in [1.54, 1.807) is 0 Å². The van der Waals surface area contributed by atoms with Gasteiger partial charge in [-0.15, -0.1) is 0 Å². The zero-order valence-corrected chi connectivity index (χ0v) is 9.83. The summed E-state index contributed by atoms with van der Waals surface area (Å²) in [5, 5.41) is 6.25. The minimum Gasteiger partial charge on any atom is -0.369 e. The molecule has 2 N–H and O–H groups in total. The van der Waals surface area contributed by atoms with Gasteiger partial charge in [0.25, 0.3) is 5.91 Å². The summed E-state index contributed by atoms with van der Waals surface area (Å²) in [7, 11) is 0. The van der Waals surface area contributed by atoms with Crippen molar-refractivity contribution in [1.82, 2.24) is 10.6 Å². The van der Waals surface area contributed by atoms with Gasteiger partial charge >= 0.3 is 0 Å². The zero-order chi connectivity index (χ0) is 11.7. The number of hydrogen-bond acceptors (Lipinski definition) is 3. The van der Waals surface area contributed by atoms with Gasteiger partial charge in [0.05, 0.1) is 0 Å². The Kier molecular flexibility index (Phi) is 2.73. The van der Waals surface area contributed by atoms with Crippen LogP contribution >= 0.6 is 0 Å². The Balaban J connectivity index is 1.99. The van der Waals surface area contributed by atoms with Crippen molar-refractivity contribution in [1.29, 1.82) is 0 Å². The highest BCUT2D eigenvalue weighted by molar-refractivity contribution is 5.98. The molecule has 0 saturated carbocycles. The molecule has 0 aliphatic carbocycles. The number of amides is 1. The molecule has 90 valence electrons. The van der Waals surface area contributed by atoms with Crippen LogP contribution in [0.1, 0.15) is 15.9 Å². The summed E-state index contributed by atoms with van der Waals surface area (Å²) in [6.45, 7) is 4.86. The van der Waals surface area contributed by atoms with Crippen molar-refractivity contribution >= 4 is 11.6 Å². The van der Waals surface area contributed by atoms with Gasteiger partial charge in [-0.2, -0.15) is 0 Å². The maximum Gasteiger partial charge on any atom is 0.251 e. The summed E-state index contributed by atoms with van der Waals surface area (Å²) in [5.41, 5.74) is 3.32. The maximum absolute atomic E-state index is 11.8. The van der Waals surface area contributed by atoms with Gasteiger partial charge in [-0.05, 0) is 24.1 Å². The predicted octanol–water partition coefficient (Wildman–Crippen LogP) is 0.382. The van der Waals surface area contributed by atoms with Gasteiger partial charge in [0.15, 0.2) is 0 Å². The largest absolute Gasteiger partial charge is 0.369 e. The molecule has 0 aromatic heterocycles. The van der Waals surface area contributed by atoms with E-state index >= 15 is 0 Å². The fourth-order valence-electron chi connectivity index (χ4n) is 2.65. The lowest BCUT2D eigenvalue weighted by molar-refractivity contribution is 0.0946. The van der Waals surface area contributed by atoms with Crippen molar-refractivity contribution in [2.45, 2.75) is 6.42 Å². The van der Waals surface area contributed by atoms with Crippen LogP contribution in [-0.4, -0.2) is 38.6 Å². The summed E-state index contributed by atoms with van der Waals surface area (Å²) in [5.74, 6) is 0.0724. The van der Waals surface area contributed by atoms with Crippen molar-refractivity contribution in [2.24, 2.45) is 0 Å². The van der Waals surface area contributed by atoms with Crippen molar-refractivity contribution in [2.75, 3.05) is 37.6 Å². The standard InChI is InChI=1S/C13H17N3O/c17-13-11-2-1-3-12(10(11)4-5-15-13)16-8-6-14-7-9-16/h1-3,14H,4-9H2,(H,15,17). The second kappa shape index (κ2) is 4.37. The van der Waals surface area contributed by atoms with Gasteiger partial charge in [0.2, 0.25) is 0 Å². The molecule has 1 aromatic rings. The van der Waals surface area contributed by atoms with Crippen LogP contribution in [0, 0.1) is 0 Å². The number of nitrogens with zero attached hydrogens (tertiary/aromatic N) is 1. The van der Waals surface area contributed by atoms with Gasteiger partial charge in [0.1, 0.15) is 0 Å². The smallest absolute Gasteiger partial charge is 0.251 e. The number of piperazine rings is 1. The molecule has 1 amide bonds. The molecule has 4 nitrogen and oxygen atoms in total. The molecule has 1 saturated heterocycles. The highest BCUT2D eigenvalue weighted by atomic mass is 16.1. The molecule has 0 atom stereocenters. The van der Waals surface area contributed by atoms with Crippen LogP contribution in [0.4, 0.5) is 5.69 Å². The topological polar surface area (TPSA) is 44.4 Å². The minimum absolute atomic E-state index is 0.0724. The number of carbonyl (C=O) groups excluding carboxylic acids is 1. The van der Waals surface area contributed by atoms with Crippen molar-refractivity contribution < 1.29 is 4.79 Å². The summed E-state index contributed by atoms with van der Waals surface area (Å²) in [6, 6.07) is 6.05. The van der Waals surface area contributed by atoms with Crippen LogP contribution in [0.5, 0.6) is 0 Å². The summed E-state index contributed by atoms with van der Waals surface area (Å²) in [4.78, 5) is 14.2. The number of fused-ring (bicyclic) bond motifs is 1. The summed E-state index contributed by atoms with van der Waals surface area (Å²) in [6.07, 6.45) is 0.946. The average Bonchev–Trinajstić information content (AvgIpc) is 2.40. The lowest BCUT2D eigenvalue weighted by atomic mass is 9.97. The van der Waals surface area contributed by atoms with Crippen LogP contribution in [-0.2, 0) is 6.42 Å². The molecule has 2 aliphatic rings. The number of anilines is 1. The van der Waals surface area contributed by atoms with Crippen molar-refractivity contribution in [3.63, 3.8) is 0 Å². The van der Waals surface area contributed by atoms with Crippen LogP contribution in [0.25, 0.3) is 0 Å². The Hall–Kier alpha value is -1.55. The van der Waals surface area contributed by atoms with Gasteiger partial charge in [0, 0.05) is 44.0 Å². The third-order valence-corrected chi connectivity index (χ3v) is 3.51. The van der Waals surface area contributed by atoms with E-state index in [2.05, 4.69) is 21.6 Å². The molecule has 17 heavy (non-hydrogen) atoms. The van der Waals surface area contributed by atoms with E-state index < -0.39 is 0 Å². The number of benzene rings is 1. The third-order valence-electron chi connectivity index (χ3n) is 3.51. The molecule has 0 spiro atoms. The molecule has 1 aromatic carbocycles. The lowest BCUT2D eigenvalue weighted by Crippen LogP contribution is -2.44. The monoisotopic (exact) mass is 231 g/mol. The Bertz CT molecular complexity index is 438. The number of carbonyl (C=O) groups is 1. The fourth-order valence-corrected chi connectivity index (χ4v) is 2.65. The fraction of sp³-hybridized carbons (Fsp3) is 0.462. The average molecular weight is 231 g/mol. The maximum atomic E-state index is 11.8. The van der Waals surface area contributed by atoms with E-state index in [1.165, 1.54) is 11.3 Å². The SMILES string of the molecule is O=C1NCCc2c1cccc2N1CCNCC1. The Morgan fingerprint density at radius 2 is 1.94 bits per heavy atom. The summed E-state index contributed by atoms with van der Waals surface area (Å²) >= 11 is 0. The van der Waals surface area contributed by atoms with E-state index in [4.69, 9.17) is 0 Å². The van der Waals surface area contributed by atoms with Crippen molar-refractivity contribution in [3.05, 3.63) is 29.3 Å². The Labute approximate surface area is 101 Å². The van der Waals surface area contributed by atoms with Crippen LogP contribution in [0.15, 0.2) is 18.2 Å². The van der Waals surface area contributed by atoms with Gasteiger partial charge in [-0.25, -0.2) is 0 Å². The summed E-state index contributed by atoms with van der Waals surface area (Å²) < 4.78 is 0. The number of nitrogens with one attached hydrogen (secondary N) is 2. The van der Waals surface area contributed by atoms with E-state index in [9.17, 15) is 4.79 Å². The normalized spacial score (nSPS) is 19.8.